The molecule has 0 amide bonds. The highest BCUT2D eigenvalue weighted by Crippen LogP contribution is 2.10. The van der Waals surface area contributed by atoms with Crippen LogP contribution in [0.15, 0.2) is 0 Å². The van der Waals surface area contributed by atoms with Crippen LogP contribution < -0.4 is 5.73 Å². The summed E-state index contributed by atoms with van der Waals surface area (Å²) in [4.78, 5) is 10.7. The smallest absolute Gasteiger partial charge is 0.323 e. The van der Waals surface area contributed by atoms with Crippen LogP contribution in [-0.2, 0) is 9.53 Å². The van der Waals surface area contributed by atoms with E-state index in [2.05, 4.69) is 13.8 Å². The topological polar surface area (TPSA) is 72.5 Å². The molecule has 0 rings (SSSR count). The lowest BCUT2D eigenvalue weighted by molar-refractivity contribution is -0.143. The second-order valence-electron chi connectivity index (χ2n) is 4.78. The molecule has 4 heteroatoms. The van der Waals surface area contributed by atoms with Gasteiger partial charge in [0, 0.05) is 6.61 Å². The molecule has 2 atom stereocenters. The first-order chi connectivity index (χ1) is 6.75. The molecular weight excluding hydrogens is 194 g/mol. The number of carbonyl (C=O) groups is 1. The zero-order valence-corrected chi connectivity index (χ0v) is 10.1. The van der Waals surface area contributed by atoms with Crippen molar-refractivity contribution in [2.45, 2.75) is 52.2 Å². The summed E-state index contributed by atoms with van der Waals surface area (Å²) in [6.45, 7) is 8.15. The second-order valence-corrected chi connectivity index (χ2v) is 4.78. The molecule has 3 N–H and O–H groups in total. The molecular formula is C11H23NO3. The van der Waals surface area contributed by atoms with Crippen LogP contribution in [0.25, 0.3) is 0 Å². The molecule has 0 aromatic heterocycles. The molecule has 0 aliphatic heterocycles. The van der Waals surface area contributed by atoms with Crippen LogP contribution in [0.2, 0.25) is 0 Å². The van der Waals surface area contributed by atoms with Crippen molar-refractivity contribution >= 4 is 5.97 Å². The van der Waals surface area contributed by atoms with Crippen molar-refractivity contribution in [2.24, 2.45) is 11.7 Å². The van der Waals surface area contributed by atoms with Gasteiger partial charge in [-0.15, -0.1) is 0 Å². The predicted octanol–water partition coefficient (Wildman–Crippen LogP) is 1.63. The van der Waals surface area contributed by atoms with Crippen LogP contribution in [0, 0.1) is 5.92 Å². The Morgan fingerprint density at radius 3 is 2.40 bits per heavy atom. The van der Waals surface area contributed by atoms with Crippen LogP contribution in [0.4, 0.5) is 0 Å². The molecule has 0 aliphatic rings. The van der Waals surface area contributed by atoms with Gasteiger partial charge >= 0.3 is 5.97 Å². The molecule has 4 nitrogen and oxygen atoms in total. The average Bonchev–Trinajstić information content (AvgIpc) is 2.01. The largest absolute Gasteiger partial charge is 0.480 e. The molecule has 0 bridgehead atoms. The lowest BCUT2D eigenvalue weighted by atomic mass is 10.0. The molecule has 0 heterocycles. The van der Waals surface area contributed by atoms with E-state index in [0.717, 1.165) is 6.42 Å². The van der Waals surface area contributed by atoms with E-state index in [9.17, 15) is 4.79 Å². The Bertz CT molecular complexity index is 202. The molecule has 0 saturated heterocycles. The van der Waals surface area contributed by atoms with Gasteiger partial charge in [-0.25, -0.2) is 0 Å². The van der Waals surface area contributed by atoms with Gasteiger partial charge in [-0.1, -0.05) is 13.8 Å². The maximum absolute atomic E-state index is 10.7. The lowest BCUT2D eigenvalue weighted by Gasteiger charge is -2.21. The summed E-state index contributed by atoms with van der Waals surface area (Å²) in [5.41, 5.74) is 4.38. The maximum atomic E-state index is 10.7. The number of carboxylic acid groups (broad SMARTS) is 1. The van der Waals surface area contributed by atoms with E-state index in [1.807, 2.05) is 6.92 Å². The monoisotopic (exact) mass is 217 g/mol. The molecule has 15 heavy (non-hydrogen) atoms. The molecule has 0 fully saturated rings. The van der Waals surface area contributed by atoms with Crippen LogP contribution >= 0.6 is 0 Å². The Kier molecular flexibility index (Phi) is 5.83. The third kappa shape index (κ3) is 6.47. The van der Waals surface area contributed by atoms with Gasteiger partial charge < -0.3 is 15.6 Å². The highest BCUT2D eigenvalue weighted by molar-refractivity contribution is 5.77. The number of hydrogen-bond donors (Lipinski definition) is 2. The molecule has 0 saturated carbocycles. The SMILES string of the molecule is CC(C)CC(C)OCCC(C)(N)C(=O)O. The van der Waals surface area contributed by atoms with Crippen molar-refractivity contribution in [3.63, 3.8) is 0 Å². The standard InChI is InChI=1S/C11H23NO3/c1-8(2)7-9(3)15-6-5-11(4,12)10(13)14/h8-9H,5-7,12H2,1-4H3,(H,13,14). The Morgan fingerprint density at radius 1 is 1.47 bits per heavy atom. The molecule has 0 aromatic carbocycles. The van der Waals surface area contributed by atoms with Crippen molar-refractivity contribution in [3.8, 4) is 0 Å². The van der Waals surface area contributed by atoms with E-state index < -0.39 is 11.5 Å². The van der Waals surface area contributed by atoms with Crippen molar-refractivity contribution < 1.29 is 14.6 Å². The summed E-state index contributed by atoms with van der Waals surface area (Å²) in [5.74, 6) is -0.397. The maximum Gasteiger partial charge on any atom is 0.323 e. The molecule has 2 unspecified atom stereocenters. The quantitative estimate of drug-likeness (QED) is 0.680. The first-order valence-corrected chi connectivity index (χ1v) is 5.39. The van der Waals surface area contributed by atoms with Gasteiger partial charge in [0.15, 0.2) is 0 Å². The Labute approximate surface area is 91.8 Å². The fourth-order valence-corrected chi connectivity index (χ4v) is 1.31. The van der Waals surface area contributed by atoms with Crippen LogP contribution in [0.1, 0.15) is 40.5 Å². The normalized spacial score (nSPS) is 17.5. The molecule has 90 valence electrons. The van der Waals surface area contributed by atoms with Gasteiger partial charge in [-0.05, 0) is 32.6 Å². The minimum absolute atomic E-state index is 0.162. The third-order valence-electron chi connectivity index (χ3n) is 2.32. The number of nitrogens with two attached hydrogens (primary N) is 1. The molecule has 0 aliphatic carbocycles. The molecule has 0 aromatic rings. The Morgan fingerprint density at radius 2 is 2.00 bits per heavy atom. The fourth-order valence-electron chi connectivity index (χ4n) is 1.31. The van der Waals surface area contributed by atoms with Crippen molar-refractivity contribution in [1.29, 1.82) is 0 Å². The van der Waals surface area contributed by atoms with Gasteiger partial charge in [0.2, 0.25) is 0 Å². The Balaban J connectivity index is 3.74. The van der Waals surface area contributed by atoms with Crippen LogP contribution in [0.5, 0.6) is 0 Å². The van der Waals surface area contributed by atoms with Gasteiger partial charge in [-0.2, -0.15) is 0 Å². The summed E-state index contributed by atoms with van der Waals surface area (Å²) in [6.07, 6.45) is 1.48. The number of carboxylic acids is 1. The van der Waals surface area contributed by atoms with E-state index >= 15 is 0 Å². The van der Waals surface area contributed by atoms with E-state index in [1.54, 1.807) is 0 Å². The van der Waals surface area contributed by atoms with Crippen molar-refractivity contribution in [1.82, 2.24) is 0 Å². The van der Waals surface area contributed by atoms with E-state index in [0.29, 0.717) is 18.9 Å². The summed E-state index contributed by atoms with van der Waals surface area (Å²) in [6, 6.07) is 0. The van der Waals surface area contributed by atoms with Crippen molar-refractivity contribution in [2.75, 3.05) is 6.61 Å². The van der Waals surface area contributed by atoms with Gasteiger partial charge in [0.05, 0.1) is 6.10 Å². The number of hydrogen-bond acceptors (Lipinski definition) is 3. The number of aliphatic carboxylic acids is 1. The summed E-state index contributed by atoms with van der Waals surface area (Å²) < 4.78 is 5.50. The highest BCUT2D eigenvalue weighted by atomic mass is 16.5. The van der Waals surface area contributed by atoms with Crippen LogP contribution in [0.3, 0.4) is 0 Å². The highest BCUT2D eigenvalue weighted by Gasteiger charge is 2.27. The third-order valence-corrected chi connectivity index (χ3v) is 2.32. The zero-order chi connectivity index (χ0) is 12.1. The lowest BCUT2D eigenvalue weighted by Crippen LogP contribution is -2.45. The molecule has 0 radical (unpaired) electrons. The summed E-state index contributed by atoms with van der Waals surface area (Å²) in [7, 11) is 0. The average molecular weight is 217 g/mol. The minimum Gasteiger partial charge on any atom is -0.480 e. The first-order valence-electron chi connectivity index (χ1n) is 5.39. The van der Waals surface area contributed by atoms with Gasteiger partial charge in [0.1, 0.15) is 5.54 Å². The first kappa shape index (κ1) is 14.4. The van der Waals surface area contributed by atoms with Crippen molar-refractivity contribution in [3.05, 3.63) is 0 Å². The second kappa shape index (κ2) is 6.08. The summed E-state index contributed by atoms with van der Waals surface area (Å²) in [5, 5.41) is 8.77. The zero-order valence-electron chi connectivity index (χ0n) is 10.1. The Hall–Kier alpha value is -0.610. The summed E-state index contributed by atoms with van der Waals surface area (Å²) >= 11 is 0. The van der Waals surface area contributed by atoms with Crippen LogP contribution in [-0.4, -0.2) is 29.3 Å². The molecule has 0 spiro atoms. The van der Waals surface area contributed by atoms with Gasteiger partial charge in [0.25, 0.3) is 0 Å². The number of rotatable bonds is 7. The van der Waals surface area contributed by atoms with E-state index in [4.69, 9.17) is 15.6 Å². The fraction of sp³-hybridized carbons (Fsp3) is 0.909. The number of ether oxygens (including phenoxy) is 1. The minimum atomic E-state index is -1.18. The van der Waals surface area contributed by atoms with E-state index in [-0.39, 0.29) is 6.10 Å². The van der Waals surface area contributed by atoms with Gasteiger partial charge in [-0.3, -0.25) is 4.79 Å². The van der Waals surface area contributed by atoms with E-state index in [1.165, 1.54) is 6.92 Å². The predicted molar refractivity (Wildman–Crippen MR) is 59.7 cm³/mol.